The predicted molar refractivity (Wildman–Crippen MR) is 83.3 cm³/mol. The molecule has 5 nitrogen and oxygen atoms in total. The standard InChI is InChI=1S/C16H21N3O2/c1-11(2)17-15(20)9-6-10-19-12(3)18-14-8-5-4-7-13(14)16(19)21/h4-5,7-8,11H,6,9-10H2,1-3H3,(H,17,20). The first-order valence-corrected chi connectivity index (χ1v) is 7.24. The van der Waals surface area contributed by atoms with Crippen LogP contribution in [0.15, 0.2) is 29.1 Å². The Hall–Kier alpha value is -2.17. The van der Waals surface area contributed by atoms with Gasteiger partial charge in [0, 0.05) is 19.0 Å². The number of amides is 1. The summed E-state index contributed by atoms with van der Waals surface area (Å²) in [6.07, 6.45) is 1.04. The van der Waals surface area contributed by atoms with Crippen LogP contribution in [-0.2, 0) is 11.3 Å². The lowest BCUT2D eigenvalue weighted by atomic mass is 10.2. The molecule has 1 N–H and O–H groups in total. The van der Waals surface area contributed by atoms with Gasteiger partial charge in [-0.3, -0.25) is 14.2 Å². The van der Waals surface area contributed by atoms with Crippen LogP contribution in [0.4, 0.5) is 0 Å². The van der Waals surface area contributed by atoms with E-state index in [-0.39, 0.29) is 17.5 Å². The van der Waals surface area contributed by atoms with Gasteiger partial charge in [0.15, 0.2) is 0 Å². The Balaban J connectivity index is 2.12. The highest BCUT2D eigenvalue weighted by atomic mass is 16.1. The predicted octanol–water partition coefficient (Wildman–Crippen LogP) is 2.01. The van der Waals surface area contributed by atoms with Crippen molar-refractivity contribution in [3.05, 3.63) is 40.4 Å². The van der Waals surface area contributed by atoms with Crippen molar-refractivity contribution in [1.82, 2.24) is 14.9 Å². The maximum atomic E-state index is 12.4. The number of hydrogen-bond acceptors (Lipinski definition) is 3. The number of carbonyl (C=O) groups is 1. The molecule has 0 aliphatic heterocycles. The summed E-state index contributed by atoms with van der Waals surface area (Å²) in [5, 5.41) is 3.47. The van der Waals surface area contributed by atoms with Gasteiger partial charge in [-0.15, -0.1) is 0 Å². The van der Waals surface area contributed by atoms with E-state index in [4.69, 9.17) is 0 Å². The van der Waals surface area contributed by atoms with Crippen LogP contribution in [0.3, 0.4) is 0 Å². The zero-order chi connectivity index (χ0) is 15.4. The number of hydrogen-bond donors (Lipinski definition) is 1. The van der Waals surface area contributed by atoms with Gasteiger partial charge < -0.3 is 5.32 Å². The molecule has 5 heteroatoms. The van der Waals surface area contributed by atoms with Crippen molar-refractivity contribution in [2.24, 2.45) is 0 Å². The van der Waals surface area contributed by atoms with E-state index in [9.17, 15) is 9.59 Å². The highest BCUT2D eigenvalue weighted by molar-refractivity contribution is 5.77. The monoisotopic (exact) mass is 287 g/mol. The lowest BCUT2D eigenvalue weighted by molar-refractivity contribution is -0.121. The van der Waals surface area contributed by atoms with Crippen LogP contribution in [0.5, 0.6) is 0 Å². The van der Waals surface area contributed by atoms with Crippen LogP contribution >= 0.6 is 0 Å². The highest BCUT2D eigenvalue weighted by Gasteiger charge is 2.08. The Morgan fingerprint density at radius 2 is 2.05 bits per heavy atom. The largest absolute Gasteiger partial charge is 0.354 e. The van der Waals surface area contributed by atoms with E-state index in [0.29, 0.717) is 36.1 Å². The third-order valence-electron chi connectivity index (χ3n) is 3.29. The van der Waals surface area contributed by atoms with E-state index in [0.717, 1.165) is 0 Å². The second-order valence-corrected chi connectivity index (χ2v) is 5.46. The fraction of sp³-hybridized carbons (Fsp3) is 0.438. The number of aryl methyl sites for hydroxylation is 1. The molecule has 2 aromatic rings. The molecule has 0 aliphatic rings. The van der Waals surface area contributed by atoms with Gasteiger partial charge in [0.2, 0.25) is 5.91 Å². The van der Waals surface area contributed by atoms with Gasteiger partial charge in [0.05, 0.1) is 10.9 Å². The summed E-state index contributed by atoms with van der Waals surface area (Å²) in [5.74, 6) is 0.701. The van der Waals surface area contributed by atoms with Gasteiger partial charge in [0.1, 0.15) is 5.82 Å². The first-order valence-electron chi connectivity index (χ1n) is 7.24. The summed E-state index contributed by atoms with van der Waals surface area (Å²) in [5.41, 5.74) is 0.677. The van der Waals surface area contributed by atoms with Crippen molar-refractivity contribution in [2.45, 2.75) is 46.2 Å². The summed E-state index contributed by atoms with van der Waals surface area (Å²) in [6.45, 7) is 6.19. The Labute approximate surface area is 124 Å². The SMILES string of the molecule is Cc1nc2ccccc2c(=O)n1CCCC(=O)NC(C)C. The molecule has 0 unspecified atom stereocenters. The molecule has 21 heavy (non-hydrogen) atoms. The van der Waals surface area contributed by atoms with Crippen LogP contribution in [0, 0.1) is 6.92 Å². The molecule has 1 aromatic heterocycles. The molecule has 0 spiro atoms. The fourth-order valence-electron chi connectivity index (χ4n) is 2.33. The summed E-state index contributed by atoms with van der Waals surface area (Å²) < 4.78 is 1.64. The molecule has 0 saturated carbocycles. The molecule has 0 aliphatic carbocycles. The van der Waals surface area contributed by atoms with E-state index >= 15 is 0 Å². The Kier molecular flexibility index (Phi) is 4.73. The van der Waals surface area contributed by atoms with E-state index < -0.39 is 0 Å². The number of carbonyl (C=O) groups excluding carboxylic acids is 1. The average Bonchev–Trinajstić information content (AvgIpc) is 2.41. The zero-order valence-corrected chi connectivity index (χ0v) is 12.7. The molecule has 2 rings (SSSR count). The average molecular weight is 287 g/mol. The molecule has 0 saturated heterocycles. The van der Waals surface area contributed by atoms with E-state index in [1.807, 2.05) is 39.0 Å². The summed E-state index contributed by atoms with van der Waals surface area (Å²) in [7, 11) is 0. The first kappa shape index (κ1) is 15.2. The molecule has 0 bridgehead atoms. The lowest BCUT2D eigenvalue weighted by Gasteiger charge is -2.11. The third-order valence-corrected chi connectivity index (χ3v) is 3.29. The molecule has 0 radical (unpaired) electrons. The normalized spacial score (nSPS) is 11.0. The molecule has 1 amide bonds. The first-order chi connectivity index (χ1) is 9.99. The zero-order valence-electron chi connectivity index (χ0n) is 12.7. The minimum Gasteiger partial charge on any atom is -0.354 e. The molecule has 0 atom stereocenters. The molecule has 1 heterocycles. The van der Waals surface area contributed by atoms with Gasteiger partial charge in [0.25, 0.3) is 5.56 Å². The van der Waals surface area contributed by atoms with Crippen molar-refractivity contribution in [2.75, 3.05) is 0 Å². The summed E-state index contributed by atoms with van der Waals surface area (Å²) in [6, 6.07) is 7.47. The van der Waals surface area contributed by atoms with Crippen LogP contribution in [0.2, 0.25) is 0 Å². The van der Waals surface area contributed by atoms with Crippen molar-refractivity contribution < 1.29 is 4.79 Å². The quantitative estimate of drug-likeness (QED) is 0.915. The Morgan fingerprint density at radius 3 is 2.76 bits per heavy atom. The van der Waals surface area contributed by atoms with E-state index in [1.165, 1.54) is 0 Å². The number of nitrogens with one attached hydrogen (secondary N) is 1. The number of nitrogens with zero attached hydrogens (tertiary/aromatic N) is 2. The molecule has 0 fully saturated rings. The minimum atomic E-state index is -0.0395. The third kappa shape index (κ3) is 3.68. The smallest absolute Gasteiger partial charge is 0.261 e. The number of aromatic nitrogens is 2. The summed E-state index contributed by atoms with van der Waals surface area (Å²) in [4.78, 5) is 28.5. The van der Waals surface area contributed by atoms with Crippen LogP contribution in [0.1, 0.15) is 32.5 Å². The lowest BCUT2D eigenvalue weighted by Crippen LogP contribution is -2.30. The minimum absolute atomic E-state index is 0.0180. The van der Waals surface area contributed by atoms with Gasteiger partial charge >= 0.3 is 0 Å². The number of benzene rings is 1. The molecule has 112 valence electrons. The van der Waals surface area contributed by atoms with Gasteiger partial charge in [-0.05, 0) is 39.3 Å². The fourth-order valence-corrected chi connectivity index (χ4v) is 2.33. The van der Waals surface area contributed by atoms with Crippen molar-refractivity contribution in [1.29, 1.82) is 0 Å². The second-order valence-electron chi connectivity index (χ2n) is 5.46. The van der Waals surface area contributed by atoms with Crippen LogP contribution in [-0.4, -0.2) is 21.5 Å². The maximum absolute atomic E-state index is 12.4. The topological polar surface area (TPSA) is 64.0 Å². The van der Waals surface area contributed by atoms with E-state index in [1.54, 1.807) is 10.6 Å². The molecular formula is C16H21N3O2. The Bertz CT molecular complexity index is 704. The highest BCUT2D eigenvalue weighted by Crippen LogP contribution is 2.08. The molecular weight excluding hydrogens is 266 g/mol. The number of fused-ring (bicyclic) bond motifs is 1. The van der Waals surface area contributed by atoms with Gasteiger partial charge in [-0.1, -0.05) is 12.1 Å². The number of para-hydroxylation sites is 1. The van der Waals surface area contributed by atoms with Crippen molar-refractivity contribution in [3.63, 3.8) is 0 Å². The van der Waals surface area contributed by atoms with Gasteiger partial charge in [-0.2, -0.15) is 0 Å². The van der Waals surface area contributed by atoms with E-state index in [2.05, 4.69) is 10.3 Å². The molecule has 1 aromatic carbocycles. The van der Waals surface area contributed by atoms with Crippen molar-refractivity contribution >= 4 is 16.8 Å². The maximum Gasteiger partial charge on any atom is 0.261 e. The summed E-state index contributed by atoms with van der Waals surface area (Å²) >= 11 is 0. The van der Waals surface area contributed by atoms with Gasteiger partial charge in [-0.25, -0.2) is 4.98 Å². The Morgan fingerprint density at radius 1 is 1.33 bits per heavy atom. The second kappa shape index (κ2) is 6.52. The van der Waals surface area contributed by atoms with Crippen molar-refractivity contribution in [3.8, 4) is 0 Å². The van der Waals surface area contributed by atoms with Crippen LogP contribution in [0.25, 0.3) is 10.9 Å². The van der Waals surface area contributed by atoms with Crippen LogP contribution < -0.4 is 10.9 Å². The number of rotatable bonds is 5.